The normalized spacial score (nSPS) is 14.1. The lowest BCUT2D eigenvalue weighted by atomic mass is 9.85. The summed E-state index contributed by atoms with van der Waals surface area (Å²) in [6.45, 7) is 1.98. The van der Waals surface area contributed by atoms with Crippen LogP contribution in [-0.2, 0) is 9.53 Å². The summed E-state index contributed by atoms with van der Waals surface area (Å²) >= 11 is 3.41. The predicted molar refractivity (Wildman–Crippen MR) is 93.2 cm³/mol. The summed E-state index contributed by atoms with van der Waals surface area (Å²) in [5.74, 6) is -0.593. The molecule has 0 saturated heterocycles. The molecule has 0 atom stereocenters. The van der Waals surface area contributed by atoms with Crippen LogP contribution in [0.15, 0.2) is 34.9 Å². The molecule has 1 saturated carbocycles. The minimum atomic E-state index is -0.546. The fraction of sp³-hybridized carbons (Fsp3) is 0.353. The largest absolute Gasteiger partial charge is 0.461 e. The van der Waals surface area contributed by atoms with Gasteiger partial charge in [-0.1, -0.05) is 28.4 Å². The number of esters is 1. The zero-order valence-electron chi connectivity index (χ0n) is 13.3. The summed E-state index contributed by atoms with van der Waals surface area (Å²) in [5.41, 5.74) is 1.27. The Kier molecular flexibility index (Phi) is 4.99. The highest BCUT2D eigenvalue weighted by molar-refractivity contribution is 9.10. The number of nitrogens with zero attached hydrogens (tertiary/aromatic N) is 2. The molecule has 2 aromatic rings. The molecule has 0 aliphatic heterocycles. The number of nitrogens with one attached hydrogen (secondary N) is 1. The molecule has 0 spiro atoms. The van der Waals surface area contributed by atoms with Gasteiger partial charge in [0, 0.05) is 10.4 Å². The maximum absolute atomic E-state index is 12.2. The monoisotopic (exact) mass is 391 g/mol. The first-order valence-corrected chi connectivity index (χ1v) is 8.71. The summed E-state index contributed by atoms with van der Waals surface area (Å²) < 4.78 is 7.51. The molecule has 6 nitrogen and oxygen atoms in total. The standard InChI is InChI=1S/C17H18BrN3O3/c1-2-24-17(23)15-14(19-16(22)11-5-3-6-11)10-21(20-15)13-8-4-7-12(18)9-13/h4,7-11H,2-3,5-6H2,1H3,(H,19,22). The quantitative estimate of drug-likeness (QED) is 0.790. The first-order chi connectivity index (χ1) is 11.6. The Morgan fingerprint density at radius 1 is 1.42 bits per heavy atom. The third-order valence-electron chi connectivity index (χ3n) is 3.99. The van der Waals surface area contributed by atoms with Crippen LogP contribution >= 0.6 is 15.9 Å². The number of benzene rings is 1. The zero-order chi connectivity index (χ0) is 17.1. The first-order valence-electron chi connectivity index (χ1n) is 7.92. The molecule has 0 unspecified atom stereocenters. The summed E-state index contributed by atoms with van der Waals surface area (Å²) in [6, 6.07) is 7.51. The molecule has 1 N–H and O–H groups in total. The number of carbonyl (C=O) groups is 2. The summed E-state index contributed by atoms with van der Waals surface area (Å²) in [5, 5.41) is 7.12. The van der Waals surface area contributed by atoms with Crippen molar-refractivity contribution in [3.63, 3.8) is 0 Å². The van der Waals surface area contributed by atoms with E-state index >= 15 is 0 Å². The van der Waals surface area contributed by atoms with E-state index in [-0.39, 0.29) is 24.1 Å². The van der Waals surface area contributed by atoms with E-state index < -0.39 is 5.97 Å². The Labute approximate surface area is 148 Å². The fourth-order valence-corrected chi connectivity index (χ4v) is 2.86. The SMILES string of the molecule is CCOC(=O)c1nn(-c2cccc(Br)c2)cc1NC(=O)C1CCC1. The van der Waals surface area contributed by atoms with E-state index in [1.54, 1.807) is 17.8 Å². The highest BCUT2D eigenvalue weighted by atomic mass is 79.9. The number of aromatic nitrogens is 2. The van der Waals surface area contributed by atoms with Gasteiger partial charge in [-0.05, 0) is 38.0 Å². The van der Waals surface area contributed by atoms with Crippen LogP contribution in [0.3, 0.4) is 0 Å². The molecule has 1 aromatic heterocycles. The van der Waals surface area contributed by atoms with Crippen molar-refractivity contribution in [1.29, 1.82) is 0 Å². The van der Waals surface area contributed by atoms with E-state index in [0.29, 0.717) is 5.69 Å². The molecule has 0 bridgehead atoms. The van der Waals surface area contributed by atoms with Crippen molar-refractivity contribution in [2.45, 2.75) is 26.2 Å². The molecule has 7 heteroatoms. The van der Waals surface area contributed by atoms with E-state index in [2.05, 4.69) is 26.3 Å². The van der Waals surface area contributed by atoms with Crippen LogP contribution in [0.2, 0.25) is 0 Å². The molecule has 24 heavy (non-hydrogen) atoms. The molecule has 1 amide bonds. The van der Waals surface area contributed by atoms with Crippen molar-refractivity contribution < 1.29 is 14.3 Å². The van der Waals surface area contributed by atoms with Crippen LogP contribution in [0.25, 0.3) is 5.69 Å². The number of carbonyl (C=O) groups excluding carboxylic acids is 2. The van der Waals surface area contributed by atoms with Gasteiger partial charge >= 0.3 is 5.97 Å². The van der Waals surface area contributed by atoms with Crippen molar-refractivity contribution in [2.75, 3.05) is 11.9 Å². The van der Waals surface area contributed by atoms with Crippen LogP contribution < -0.4 is 5.32 Å². The molecular formula is C17H18BrN3O3. The molecule has 1 aliphatic rings. The van der Waals surface area contributed by atoms with E-state index in [1.807, 2.05) is 24.3 Å². The van der Waals surface area contributed by atoms with Crippen molar-refractivity contribution in [2.24, 2.45) is 5.92 Å². The summed E-state index contributed by atoms with van der Waals surface area (Å²) in [7, 11) is 0. The van der Waals surface area contributed by atoms with E-state index in [1.165, 1.54) is 0 Å². The average Bonchev–Trinajstić information content (AvgIpc) is 2.89. The highest BCUT2D eigenvalue weighted by Crippen LogP contribution is 2.28. The van der Waals surface area contributed by atoms with Gasteiger partial charge in [0.25, 0.3) is 0 Å². The van der Waals surface area contributed by atoms with Crippen LogP contribution in [-0.4, -0.2) is 28.3 Å². The number of halogens is 1. The third kappa shape index (κ3) is 3.51. The fourth-order valence-electron chi connectivity index (χ4n) is 2.47. The molecule has 1 heterocycles. The Morgan fingerprint density at radius 3 is 2.83 bits per heavy atom. The maximum atomic E-state index is 12.2. The Morgan fingerprint density at radius 2 is 2.21 bits per heavy atom. The second-order valence-electron chi connectivity index (χ2n) is 5.65. The van der Waals surface area contributed by atoms with E-state index in [4.69, 9.17) is 4.74 Å². The zero-order valence-corrected chi connectivity index (χ0v) is 14.9. The number of anilines is 1. The number of amides is 1. The first kappa shape index (κ1) is 16.7. The van der Waals surface area contributed by atoms with Crippen molar-refractivity contribution in [1.82, 2.24) is 9.78 Å². The summed E-state index contributed by atoms with van der Waals surface area (Å²) in [6.07, 6.45) is 4.49. The van der Waals surface area contributed by atoms with Gasteiger partial charge in [0.2, 0.25) is 5.91 Å². The number of ether oxygens (including phenoxy) is 1. The van der Waals surface area contributed by atoms with Gasteiger partial charge in [-0.15, -0.1) is 0 Å². The number of hydrogen-bond donors (Lipinski definition) is 1. The summed E-state index contributed by atoms with van der Waals surface area (Å²) in [4.78, 5) is 24.4. The highest BCUT2D eigenvalue weighted by Gasteiger charge is 2.28. The minimum Gasteiger partial charge on any atom is -0.461 e. The van der Waals surface area contributed by atoms with Gasteiger partial charge in [-0.3, -0.25) is 4.79 Å². The topological polar surface area (TPSA) is 73.2 Å². The van der Waals surface area contributed by atoms with E-state index in [9.17, 15) is 9.59 Å². The number of hydrogen-bond acceptors (Lipinski definition) is 4. The Bertz CT molecular complexity index is 768. The van der Waals surface area contributed by atoms with Gasteiger partial charge in [0.05, 0.1) is 24.2 Å². The van der Waals surface area contributed by atoms with Gasteiger partial charge < -0.3 is 10.1 Å². The lowest BCUT2D eigenvalue weighted by Gasteiger charge is -2.23. The molecule has 3 rings (SSSR count). The van der Waals surface area contributed by atoms with Crippen LogP contribution in [0, 0.1) is 5.92 Å². The molecular weight excluding hydrogens is 374 g/mol. The van der Waals surface area contributed by atoms with Crippen molar-refractivity contribution in [3.05, 3.63) is 40.6 Å². The van der Waals surface area contributed by atoms with Gasteiger partial charge in [0.1, 0.15) is 0 Å². The number of rotatable bonds is 5. The predicted octanol–water partition coefficient (Wildman–Crippen LogP) is 3.55. The van der Waals surface area contributed by atoms with Crippen LogP contribution in [0.5, 0.6) is 0 Å². The molecule has 1 aromatic carbocycles. The molecule has 1 fully saturated rings. The lowest BCUT2D eigenvalue weighted by molar-refractivity contribution is -0.122. The van der Waals surface area contributed by atoms with Gasteiger partial charge in [-0.25, -0.2) is 9.48 Å². The van der Waals surface area contributed by atoms with Crippen LogP contribution in [0.1, 0.15) is 36.7 Å². The molecule has 1 aliphatic carbocycles. The third-order valence-corrected chi connectivity index (χ3v) is 4.48. The van der Waals surface area contributed by atoms with Crippen molar-refractivity contribution >= 4 is 33.5 Å². The lowest BCUT2D eigenvalue weighted by Crippen LogP contribution is -2.28. The molecule has 126 valence electrons. The second-order valence-corrected chi connectivity index (χ2v) is 6.57. The van der Waals surface area contributed by atoms with Gasteiger partial charge in [0.15, 0.2) is 5.69 Å². The maximum Gasteiger partial charge on any atom is 0.361 e. The van der Waals surface area contributed by atoms with E-state index in [0.717, 1.165) is 29.4 Å². The minimum absolute atomic E-state index is 0.0225. The molecule has 0 radical (unpaired) electrons. The van der Waals surface area contributed by atoms with Crippen molar-refractivity contribution in [3.8, 4) is 5.69 Å². The van der Waals surface area contributed by atoms with Crippen LogP contribution in [0.4, 0.5) is 5.69 Å². The second kappa shape index (κ2) is 7.17. The Balaban J connectivity index is 1.92. The average molecular weight is 392 g/mol. The Hall–Kier alpha value is -2.15. The smallest absolute Gasteiger partial charge is 0.361 e. The van der Waals surface area contributed by atoms with Gasteiger partial charge in [-0.2, -0.15) is 5.10 Å².